The summed E-state index contributed by atoms with van der Waals surface area (Å²) in [5, 5.41) is 3.22. The minimum atomic E-state index is -0.330. The van der Waals surface area contributed by atoms with E-state index in [2.05, 4.69) is 5.32 Å². The van der Waals surface area contributed by atoms with E-state index >= 15 is 0 Å². The zero-order valence-electron chi connectivity index (χ0n) is 17.4. The monoisotopic (exact) mass is 457 g/mol. The van der Waals surface area contributed by atoms with Gasteiger partial charge in [0.25, 0.3) is 5.91 Å². The molecule has 0 bridgehead atoms. The topological polar surface area (TPSA) is 111 Å². The summed E-state index contributed by atoms with van der Waals surface area (Å²) in [6.07, 6.45) is 1.14. The first kappa shape index (κ1) is 22.0. The molecule has 0 aromatic heterocycles. The van der Waals surface area contributed by atoms with Gasteiger partial charge in [-0.25, -0.2) is 0 Å². The van der Waals surface area contributed by atoms with Crippen molar-refractivity contribution in [2.75, 3.05) is 31.6 Å². The van der Waals surface area contributed by atoms with Gasteiger partial charge in [-0.05, 0) is 42.7 Å². The van der Waals surface area contributed by atoms with Crippen molar-refractivity contribution >= 4 is 35.0 Å². The van der Waals surface area contributed by atoms with Crippen LogP contribution in [-0.2, 0) is 16.0 Å². The van der Waals surface area contributed by atoms with E-state index in [-0.39, 0.29) is 30.1 Å². The third-order valence-electron chi connectivity index (χ3n) is 5.64. The van der Waals surface area contributed by atoms with E-state index in [0.29, 0.717) is 72.5 Å². The van der Waals surface area contributed by atoms with E-state index in [4.69, 9.17) is 26.8 Å². The molecule has 168 valence electrons. The number of nitrogens with one attached hydrogen (secondary N) is 1. The molecule has 8 nitrogen and oxygen atoms in total. The lowest BCUT2D eigenvalue weighted by Crippen LogP contribution is -2.42. The number of fused-ring (bicyclic) bond motifs is 1. The maximum absolute atomic E-state index is 13.1. The van der Waals surface area contributed by atoms with Gasteiger partial charge in [0.1, 0.15) is 13.2 Å². The molecule has 2 aromatic carbocycles. The Kier molecular flexibility index (Phi) is 6.50. The highest BCUT2D eigenvalue weighted by molar-refractivity contribution is 6.32. The van der Waals surface area contributed by atoms with Crippen molar-refractivity contribution in [1.29, 1.82) is 0 Å². The van der Waals surface area contributed by atoms with Crippen LogP contribution in [0.3, 0.4) is 0 Å². The zero-order chi connectivity index (χ0) is 22.7. The van der Waals surface area contributed by atoms with Gasteiger partial charge in [-0.1, -0.05) is 23.7 Å². The molecule has 0 aliphatic carbocycles. The number of piperidine rings is 1. The van der Waals surface area contributed by atoms with E-state index in [1.807, 2.05) is 0 Å². The van der Waals surface area contributed by atoms with Gasteiger partial charge >= 0.3 is 0 Å². The van der Waals surface area contributed by atoms with Gasteiger partial charge in [0.15, 0.2) is 11.5 Å². The number of benzene rings is 2. The molecule has 0 radical (unpaired) electrons. The number of likely N-dealkylation sites (tertiary alicyclic amines) is 1. The third-order valence-corrected chi connectivity index (χ3v) is 5.92. The minimum absolute atomic E-state index is 0.0584. The van der Waals surface area contributed by atoms with Gasteiger partial charge in [-0.2, -0.15) is 0 Å². The third kappa shape index (κ3) is 4.80. The first-order chi connectivity index (χ1) is 15.4. The van der Waals surface area contributed by atoms with E-state index < -0.39 is 0 Å². The molecule has 3 amide bonds. The van der Waals surface area contributed by atoms with Crippen LogP contribution in [0.25, 0.3) is 0 Å². The lowest BCUT2D eigenvalue weighted by Gasteiger charge is -2.31. The minimum Gasteiger partial charge on any atom is -0.486 e. The van der Waals surface area contributed by atoms with E-state index in [1.54, 1.807) is 41.3 Å². The number of nitrogens with two attached hydrogens (primary N) is 1. The first-order valence-corrected chi connectivity index (χ1v) is 10.9. The quantitative estimate of drug-likeness (QED) is 0.717. The molecule has 0 saturated carbocycles. The fourth-order valence-corrected chi connectivity index (χ4v) is 4.25. The van der Waals surface area contributed by atoms with Crippen LogP contribution in [0.1, 0.15) is 28.8 Å². The van der Waals surface area contributed by atoms with Crippen molar-refractivity contribution in [3.63, 3.8) is 0 Å². The van der Waals surface area contributed by atoms with Crippen molar-refractivity contribution in [1.82, 2.24) is 4.90 Å². The second-order valence-electron chi connectivity index (χ2n) is 7.84. The summed E-state index contributed by atoms with van der Waals surface area (Å²) >= 11 is 6.26. The van der Waals surface area contributed by atoms with Crippen molar-refractivity contribution < 1.29 is 23.9 Å². The average Bonchev–Trinajstić information content (AvgIpc) is 2.79. The Balaban J connectivity index is 1.44. The lowest BCUT2D eigenvalue weighted by molar-refractivity contribution is -0.123. The Morgan fingerprint density at radius 2 is 1.81 bits per heavy atom. The van der Waals surface area contributed by atoms with Gasteiger partial charge in [-0.15, -0.1) is 0 Å². The average molecular weight is 458 g/mol. The molecule has 1 saturated heterocycles. The van der Waals surface area contributed by atoms with Crippen molar-refractivity contribution in [2.45, 2.75) is 19.3 Å². The van der Waals surface area contributed by atoms with Crippen LogP contribution < -0.4 is 20.5 Å². The molecule has 2 aliphatic rings. The molecule has 3 N–H and O–H groups in total. The summed E-state index contributed by atoms with van der Waals surface area (Å²) in [6.45, 7) is 1.75. The Bertz CT molecular complexity index is 1050. The Morgan fingerprint density at radius 3 is 2.56 bits per heavy atom. The highest BCUT2D eigenvalue weighted by atomic mass is 35.5. The van der Waals surface area contributed by atoms with Crippen LogP contribution in [-0.4, -0.2) is 48.9 Å². The molecular weight excluding hydrogens is 434 g/mol. The van der Waals surface area contributed by atoms with E-state index in [0.717, 1.165) is 0 Å². The van der Waals surface area contributed by atoms with Crippen LogP contribution >= 0.6 is 11.6 Å². The molecule has 2 aromatic rings. The fraction of sp³-hybridized carbons (Fsp3) is 0.348. The number of primary amides is 1. The molecule has 0 spiro atoms. The molecule has 9 heteroatoms. The number of anilines is 1. The van der Waals surface area contributed by atoms with Crippen molar-refractivity contribution in [3.8, 4) is 11.5 Å². The molecular formula is C23H24ClN3O5. The van der Waals surface area contributed by atoms with E-state index in [9.17, 15) is 14.4 Å². The Morgan fingerprint density at radius 1 is 1.09 bits per heavy atom. The molecule has 2 heterocycles. The molecule has 1 fully saturated rings. The number of amides is 3. The number of hydrogen-bond donors (Lipinski definition) is 2. The van der Waals surface area contributed by atoms with Crippen molar-refractivity contribution in [3.05, 3.63) is 52.5 Å². The summed E-state index contributed by atoms with van der Waals surface area (Å²) in [5.41, 5.74) is 6.89. The maximum atomic E-state index is 13.1. The summed E-state index contributed by atoms with van der Waals surface area (Å²) in [6, 6.07) is 10.3. The van der Waals surface area contributed by atoms with E-state index in [1.165, 1.54) is 0 Å². The largest absolute Gasteiger partial charge is 0.486 e. The van der Waals surface area contributed by atoms with Gasteiger partial charge in [-0.3, -0.25) is 14.4 Å². The predicted octanol–water partition coefficient (Wildman–Crippen LogP) is 2.63. The van der Waals surface area contributed by atoms with Crippen LogP contribution in [0, 0.1) is 5.92 Å². The number of carbonyl (C=O) groups excluding carboxylic acids is 3. The second-order valence-corrected chi connectivity index (χ2v) is 8.25. The molecule has 4 rings (SSSR count). The smallest absolute Gasteiger partial charge is 0.255 e. The number of hydrogen-bond acceptors (Lipinski definition) is 5. The van der Waals surface area contributed by atoms with Gasteiger partial charge in [0.2, 0.25) is 11.8 Å². The molecule has 0 atom stereocenters. The highest BCUT2D eigenvalue weighted by Crippen LogP contribution is 2.38. The SMILES string of the molecule is NC(=O)C1CCN(C(=O)c2ccccc2NC(=O)Cc2cc(Cl)c3c(c2)OCCO3)CC1. The number of rotatable bonds is 5. The van der Waals surface area contributed by atoms with Gasteiger partial charge in [0, 0.05) is 19.0 Å². The number of halogens is 1. The number of nitrogens with zero attached hydrogens (tertiary/aromatic N) is 1. The van der Waals surface area contributed by atoms with Crippen LogP contribution in [0.15, 0.2) is 36.4 Å². The molecule has 32 heavy (non-hydrogen) atoms. The molecule has 0 unspecified atom stereocenters. The standard InChI is InChI=1S/C23H24ClN3O5/c24-17-11-14(12-19-21(17)32-10-9-31-19)13-20(28)26-18-4-2-1-3-16(18)23(30)27-7-5-15(6-8-27)22(25)29/h1-4,11-12,15H,5-10,13H2,(H2,25,29)(H,26,28). The fourth-order valence-electron chi connectivity index (χ4n) is 3.96. The normalized spacial score (nSPS) is 15.8. The number of carbonyl (C=O) groups is 3. The van der Waals surface area contributed by atoms with Crippen molar-refractivity contribution in [2.24, 2.45) is 11.7 Å². The van der Waals surface area contributed by atoms with Crippen LogP contribution in [0.2, 0.25) is 5.02 Å². The first-order valence-electron chi connectivity index (χ1n) is 10.5. The van der Waals surface area contributed by atoms with Gasteiger partial charge in [0.05, 0.1) is 22.7 Å². The van der Waals surface area contributed by atoms with Gasteiger partial charge < -0.3 is 25.4 Å². The van der Waals surface area contributed by atoms with Crippen LogP contribution in [0.4, 0.5) is 5.69 Å². The Labute approximate surface area is 190 Å². The zero-order valence-corrected chi connectivity index (χ0v) is 18.2. The highest BCUT2D eigenvalue weighted by Gasteiger charge is 2.27. The lowest BCUT2D eigenvalue weighted by atomic mass is 9.95. The maximum Gasteiger partial charge on any atom is 0.255 e. The number of ether oxygens (including phenoxy) is 2. The van der Waals surface area contributed by atoms with Crippen LogP contribution in [0.5, 0.6) is 11.5 Å². The summed E-state index contributed by atoms with van der Waals surface area (Å²) in [4.78, 5) is 38.8. The number of para-hydroxylation sites is 1. The molecule has 2 aliphatic heterocycles. The summed E-state index contributed by atoms with van der Waals surface area (Å²) in [7, 11) is 0. The summed E-state index contributed by atoms with van der Waals surface area (Å²) in [5.74, 6) is -0.00735. The Hall–Kier alpha value is -3.26. The predicted molar refractivity (Wildman–Crippen MR) is 119 cm³/mol. The summed E-state index contributed by atoms with van der Waals surface area (Å²) < 4.78 is 11.1. The second kappa shape index (κ2) is 9.48.